The van der Waals surface area contributed by atoms with Crippen molar-refractivity contribution < 1.29 is 28.6 Å². The van der Waals surface area contributed by atoms with Gasteiger partial charge in [-0.25, -0.2) is 0 Å². The van der Waals surface area contributed by atoms with E-state index in [1.165, 1.54) is 122 Å². The van der Waals surface area contributed by atoms with Crippen molar-refractivity contribution in [3.63, 3.8) is 0 Å². The second-order valence-corrected chi connectivity index (χ2v) is 19.2. The highest BCUT2D eigenvalue weighted by Gasteiger charge is 2.19. The second-order valence-electron chi connectivity index (χ2n) is 19.2. The van der Waals surface area contributed by atoms with Gasteiger partial charge in [-0.1, -0.05) is 234 Å². The van der Waals surface area contributed by atoms with Gasteiger partial charge in [0.1, 0.15) is 13.2 Å². The minimum atomic E-state index is -0.789. The molecule has 0 fully saturated rings. The third kappa shape index (κ3) is 55.4. The zero-order valence-corrected chi connectivity index (χ0v) is 45.3. The van der Waals surface area contributed by atoms with E-state index in [2.05, 4.69) is 106 Å². The fourth-order valence-electron chi connectivity index (χ4n) is 7.97. The van der Waals surface area contributed by atoms with E-state index in [4.69, 9.17) is 14.2 Å². The molecule has 0 bridgehead atoms. The molecule has 1 unspecified atom stereocenters. The second kappa shape index (κ2) is 57.2. The van der Waals surface area contributed by atoms with Crippen molar-refractivity contribution in [1.82, 2.24) is 0 Å². The van der Waals surface area contributed by atoms with E-state index in [1.807, 2.05) is 0 Å². The molecule has 0 saturated carbocycles. The van der Waals surface area contributed by atoms with Gasteiger partial charge in [-0.05, 0) is 109 Å². The molecule has 0 aromatic carbocycles. The average molecular weight is 962 g/mol. The van der Waals surface area contributed by atoms with Crippen molar-refractivity contribution in [2.45, 2.75) is 284 Å². The molecule has 0 rings (SSSR count). The minimum absolute atomic E-state index is 0.0877. The Morgan fingerprint density at radius 3 is 0.942 bits per heavy atom. The standard InChI is InChI=1S/C63H108O6/c1-4-7-10-13-16-19-22-24-26-28-30-31-33-34-36-38-41-44-47-50-53-56-62(65)68-59-60(58-67-61(64)55-52-49-46-43-40-21-18-15-12-9-6-3)69-63(66)57-54-51-48-45-42-39-37-35-32-29-27-25-23-20-17-14-11-8-5-2/h7,10,15-16,18-19,24-27,30-31,34,36,60H,4-6,8-9,11-14,17,20-23,28-29,32-33,35,37-59H2,1-3H3/b10-7-,18-15-,19-16-,26-24-,27-25-,31-30-,36-34-. The van der Waals surface area contributed by atoms with Gasteiger partial charge in [0.15, 0.2) is 6.10 Å². The molecule has 0 aliphatic rings. The summed E-state index contributed by atoms with van der Waals surface area (Å²) in [5, 5.41) is 0. The summed E-state index contributed by atoms with van der Waals surface area (Å²) in [7, 11) is 0. The molecule has 69 heavy (non-hydrogen) atoms. The molecular weight excluding hydrogens is 853 g/mol. The van der Waals surface area contributed by atoms with E-state index < -0.39 is 6.10 Å². The van der Waals surface area contributed by atoms with Crippen molar-refractivity contribution in [2.75, 3.05) is 13.2 Å². The zero-order chi connectivity index (χ0) is 50.0. The van der Waals surface area contributed by atoms with Gasteiger partial charge >= 0.3 is 17.9 Å². The lowest BCUT2D eigenvalue weighted by molar-refractivity contribution is -0.167. The van der Waals surface area contributed by atoms with Crippen LogP contribution < -0.4 is 0 Å². The maximum absolute atomic E-state index is 12.9. The van der Waals surface area contributed by atoms with Gasteiger partial charge in [0, 0.05) is 19.3 Å². The van der Waals surface area contributed by atoms with Crippen LogP contribution in [0.3, 0.4) is 0 Å². The Morgan fingerprint density at radius 1 is 0.304 bits per heavy atom. The molecule has 396 valence electrons. The van der Waals surface area contributed by atoms with Crippen LogP contribution in [0, 0.1) is 0 Å². The quantitative estimate of drug-likeness (QED) is 0.0262. The molecule has 0 aliphatic carbocycles. The highest BCUT2D eigenvalue weighted by molar-refractivity contribution is 5.71. The topological polar surface area (TPSA) is 78.9 Å². The number of carbonyl (C=O) groups excluding carboxylic acids is 3. The SMILES string of the molecule is CC/C=C\C/C=C\C/C=C\C/C=C\C/C=C\CCCCCCCC(=O)OCC(COC(=O)CCCCCCC/C=C\CCCC)OC(=O)CCCCCCCCCCC/C=C\CCCCCCCC. The summed E-state index contributed by atoms with van der Waals surface area (Å²) >= 11 is 0. The van der Waals surface area contributed by atoms with E-state index in [9.17, 15) is 14.4 Å². The normalized spacial score (nSPS) is 12.7. The fourth-order valence-corrected chi connectivity index (χ4v) is 7.97. The lowest BCUT2D eigenvalue weighted by Gasteiger charge is -2.18. The van der Waals surface area contributed by atoms with E-state index >= 15 is 0 Å². The largest absolute Gasteiger partial charge is 0.462 e. The summed E-state index contributed by atoms with van der Waals surface area (Å²) in [5.41, 5.74) is 0. The molecule has 0 N–H and O–H groups in total. The molecule has 0 amide bonds. The minimum Gasteiger partial charge on any atom is -0.462 e. The number of esters is 3. The van der Waals surface area contributed by atoms with Gasteiger partial charge in [-0.15, -0.1) is 0 Å². The van der Waals surface area contributed by atoms with Gasteiger partial charge in [0.05, 0.1) is 0 Å². The number of unbranched alkanes of at least 4 members (excludes halogenated alkanes) is 27. The van der Waals surface area contributed by atoms with E-state index in [0.717, 1.165) is 116 Å². The van der Waals surface area contributed by atoms with Crippen molar-refractivity contribution in [3.05, 3.63) is 85.1 Å². The number of hydrogen-bond donors (Lipinski definition) is 0. The molecule has 0 aliphatic heterocycles. The van der Waals surface area contributed by atoms with Crippen LogP contribution in [0.25, 0.3) is 0 Å². The Kier molecular flexibility index (Phi) is 54.3. The Balaban J connectivity index is 4.37. The van der Waals surface area contributed by atoms with Crippen LogP contribution in [0.15, 0.2) is 85.1 Å². The number of hydrogen-bond acceptors (Lipinski definition) is 6. The zero-order valence-electron chi connectivity index (χ0n) is 45.3. The number of rotatable bonds is 52. The predicted octanol–water partition coefficient (Wildman–Crippen LogP) is 19.5. The van der Waals surface area contributed by atoms with E-state index in [0.29, 0.717) is 19.3 Å². The molecule has 0 saturated heterocycles. The predicted molar refractivity (Wildman–Crippen MR) is 297 cm³/mol. The van der Waals surface area contributed by atoms with Crippen LogP contribution in [0.5, 0.6) is 0 Å². The van der Waals surface area contributed by atoms with Crippen LogP contribution >= 0.6 is 0 Å². The van der Waals surface area contributed by atoms with Gasteiger partial charge in [0.2, 0.25) is 0 Å². The Bertz CT molecular complexity index is 1330. The maximum Gasteiger partial charge on any atom is 0.306 e. The molecule has 0 heterocycles. The van der Waals surface area contributed by atoms with E-state index in [1.54, 1.807) is 0 Å². The first-order valence-electron chi connectivity index (χ1n) is 29.1. The van der Waals surface area contributed by atoms with E-state index in [-0.39, 0.29) is 31.1 Å². The number of carbonyl (C=O) groups is 3. The van der Waals surface area contributed by atoms with Crippen molar-refractivity contribution in [1.29, 1.82) is 0 Å². The maximum atomic E-state index is 12.9. The molecule has 0 aromatic rings. The summed E-state index contributed by atoms with van der Waals surface area (Å²) < 4.78 is 16.8. The van der Waals surface area contributed by atoms with Gasteiger partial charge in [-0.2, -0.15) is 0 Å². The van der Waals surface area contributed by atoms with Crippen LogP contribution in [-0.2, 0) is 28.6 Å². The Hall–Kier alpha value is -3.41. The monoisotopic (exact) mass is 961 g/mol. The van der Waals surface area contributed by atoms with Crippen molar-refractivity contribution in [3.8, 4) is 0 Å². The highest BCUT2D eigenvalue weighted by Crippen LogP contribution is 2.15. The molecule has 0 radical (unpaired) electrons. The summed E-state index contributed by atoms with van der Waals surface area (Å²) in [6.07, 6.45) is 74.3. The first kappa shape index (κ1) is 65.6. The Morgan fingerprint density at radius 2 is 0.580 bits per heavy atom. The number of allylic oxidation sites excluding steroid dienone is 14. The molecule has 0 spiro atoms. The summed E-state index contributed by atoms with van der Waals surface area (Å²) in [4.78, 5) is 38.1. The van der Waals surface area contributed by atoms with Gasteiger partial charge < -0.3 is 14.2 Å². The van der Waals surface area contributed by atoms with Crippen LogP contribution in [-0.4, -0.2) is 37.2 Å². The summed E-state index contributed by atoms with van der Waals surface area (Å²) in [6, 6.07) is 0. The smallest absolute Gasteiger partial charge is 0.306 e. The first-order chi connectivity index (χ1) is 34.0. The van der Waals surface area contributed by atoms with Gasteiger partial charge in [0.25, 0.3) is 0 Å². The molecule has 6 heteroatoms. The lowest BCUT2D eigenvalue weighted by atomic mass is 10.1. The molecule has 0 aromatic heterocycles. The molecule has 1 atom stereocenters. The third-order valence-electron chi connectivity index (χ3n) is 12.4. The highest BCUT2D eigenvalue weighted by atomic mass is 16.6. The third-order valence-corrected chi connectivity index (χ3v) is 12.4. The molecular formula is C63H108O6. The lowest BCUT2D eigenvalue weighted by Crippen LogP contribution is -2.30. The summed E-state index contributed by atoms with van der Waals surface area (Å²) in [5.74, 6) is -0.913. The van der Waals surface area contributed by atoms with Crippen LogP contribution in [0.1, 0.15) is 278 Å². The molecule has 6 nitrogen and oxygen atoms in total. The fraction of sp³-hybridized carbons (Fsp3) is 0.730. The summed E-state index contributed by atoms with van der Waals surface area (Å²) in [6.45, 7) is 6.47. The number of ether oxygens (including phenoxy) is 3. The van der Waals surface area contributed by atoms with Crippen molar-refractivity contribution >= 4 is 17.9 Å². The van der Waals surface area contributed by atoms with Crippen molar-refractivity contribution in [2.24, 2.45) is 0 Å². The van der Waals surface area contributed by atoms with Crippen LogP contribution in [0.2, 0.25) is 0 Å². The Labute approximate surface area is 426 Å². The van der Waals surface area contributed by atoms with Gasteiger partial charge in [-0.3, -0.25) is 14.4 Å². The van der Waals surface area contributed by atoms with Crippen LogP contribution in [0.4, 0.5) is 0 Å². The first-order valence-corrected chi connectivity index (χ1v) is 29.1. The average Bonchev–Trinajstić information content (AvgIpc) is 3.35.